The highest BCUT2D eigenvalue weighted by atomic mass is 32.2. The molecule has 3 aromatic rings. The zero-order valence-electron chi connectivity index (χ0n) is 31.5. The number of ketones is 3. The molecule has 3 aromatic carbocycles. The highest BCUT2D eigenvalue weighted by Gasteiger charge is 2.66. The average molecular weight is 773 g/mol. The normalized spacial score (nSPS) is 29.6. The predicted molar refractivity (Wildman–Crippen MR) is 206 cm³/mol. The minimum absolute atomic E-state index is 0.00156. The second-order valence-electron chi connectivity index (χ2n) is 16.2. The van der Waals surface area contributed by atoms with Crippen molar-refractivity contribution >= 4 is 44.3 Å². The van der Waals surface area contributed by atoms with E-state index in [2.05, 4.69) is 97.9 Å². The molecule has 7 rings (SSSR count). The van der Waals surface area contributed by atoms with Crippen LogP contribution in [-0.4, -0.2) is 48.6 Å². The molecule has 8 nitrogen and oxygen atoms in total. The van der Waals surface area contributed by atoms with Crippen LogP contribution in [0.1, 0.15) is 78.6 Å². The van der Waals surface area contributed by atoms with Crippen molar-refractivity contribution < 1.29 is 36.9 Å². The standard InChI is InChI=1S/C26H38O8S.C18H15S/c1-15(4-7-23(30)34-10-11-35(31,32)33)18-5-6-19-24-20(14-22(29)26(18,19)3)25(2)9-8-17(27)12-16(25)13-21(24)28;1-4-10-16(11-5-1)19(17-12-6-2-7-13-17)18-14-8-3-9-15-18/h15-16,18-20,24H,4-14H2,1-3H3,(H,31,32,33);1-15H/q;+1/p-1. The molecule has 4 fully saturated rings. The summed E-state index contributed by atoms with van der Waals surface area (Å²) in [5.41, 5.74) is -0.751. The molecule has 8 unspecified atom stereocenters. The summed E-state index contributed by atoms with van der Waals surface area (Å²) in [6, 6.07) is 32.2. The highest BCUT2D eigenvalue weighted by Crippen LogP contribution is 2.66. The number of esters is 1. The Kier molecular flexibility index (Phi) is 12.3. The molecule has 0 bridgehead atoms. The van der Waals surface area contributed by atoms with Gasteiger partial charge < -0.3 is 9.29 Å². The molecular formula is C44H52O8S2. The van der Waals surface area contributed by atoms with Gasteiger partial charge in [0.25, 0.3) is 0 Å². The molecule has 54 heavy (non-hydrogen) atoms. The Morgan fingerprint density at radius 3 is 1.93 bits per heavy atom. The number of hydrogen-bond acceptors (Lipinski definition) is 8. The molecule has 288 valence electrons. The van der Waals surface area contributed by atoms with Gasteiger partial charge in [-0.15, -0.1) is 0 Å². The largest absolute Gasteiger partial charge is 0.748 e. The molecule has 0 N–H and O–H groups in total. The first-order valence-corrected chi connectivity index (χ1v) is 22.1. The average Bonchev–Trinajstić information content (AvgIpc) is 3.51. The Balaban J connectivity index is 0.000000219. The summed E-state index contributed by atoms with van der Waals surface area (Å²) in [5.74, 6) is -0.594. The van der Waals surface area contributed by atoms with Crippen LogP contribution < -0.4 is 0 Å². The first kappa shape index (κ1) is 40.1. The van der Waals surface area contributed by atoms with Crippen LogP contribution in [0.2, 0.25) is 0 Å². The lowest BCUT2D eigenvalue weighted by atomic mass is 9.44. The molecule has 0 aromatic heterocycles. The predicted octanol–water partition coefficient (Wildman–Crippen LogP) is 7.86. The summed E-state index contributed by atoms with van der Waals surface area (Å²) in [6.07, 6.45) is 4.81. The van der Waals surface area contributed by atoms with Crippen LogP contribution in [0.5, 0.6) is 0 Å². The molecule has 0 aliphatic heterocycles. The third kappa shape index (κ3) is 8.46. The van der Waals surface area contributed by atoms with Crippen molar-refractivity contribution in [3.8, 4) is 0 Å². The van der Waals surface area contributed by atoms with Crippen molar-refractivity contribution in [3.63, 3.8) is 0 Å². The lowest BCUT2D eigenvalue weighted by Gasteiger charge is -2.58. The Morgan fingerprint density at radius 1 is 0.833 bits per heavy atom. The molecule has 0 saturated heterocycles. The van der Waals surface area contributed by atoms with Gasteiger partial charge in [0.15, 0.2) is 14.7 Å². The summed E-state index contributed by atoms with van der Waals surface area (Å²) in [4.78, 5) is 55.4. The van der Waals surface area contributed by atoms with Gasteiger partial charge in [0.1, 0.15) is 24.0 Å². The SMILES string of the molecule is CC(CCC(=O)OCCS(=O)(=O)[O-])C1CCC2C3C(=O)CC4CC(=O)CCC4(C)C3CC(=O)C12C.c1ccc([S+](c2ccccc2)c2ccccc2)cc1. The number of hydrogen-bond donors (Lipinski definition) is 0. The number of fused-ring (bicyclic) bond motifs is 5. The number of Topliss-reactive ketones (excluding diaryl/α,β-unsaturated/α-hetero) is 3. The molecule has 4 aliphatic rings. The quantitative estimate of drug-likeness (QED) is 0.116. The molecular weight excluding hydrogens is 721 g/mol. The third-order valence-electron chi connectivity index (χ3n) is 13.2. The van der Waals surface area contributed by atoms with Crippen molar-refractivity contribution in [2.75, 3.05) is 12.4 Å². The van der Waals surface area contributed by atoms with Gasteiger partial charge in [0.05, 0.1) is 26.8 Å². The first-order chi connectivity index (χ1) is 25.7. The Labute approximate surface area is 322 Å². The van der Waals surface area contributed by atoms with Crippen LogP contribution in [-0.2, 0) is 44.9 Å². The van der Waals surface area contributed by atoms with E-state index >= 15 is 0 Å². The molecule has 4 saturated carbocycles. The van der Waals surface area contributed by atoms with E-state index in [1.54, 1.807) is 0 Å². The van der Waals surface area contributed by atoms with Gasteiger partial charge in [-0.25, -0.2) is 8.42 Å². The highest BCUT2D eigenvalue weighted by molar-refractivity contribution is 7.97. The summed E-state index contributed by atoms with van der Waals surface area (Å²) in [6.45, 7) is 5.80. The van der Waals surface area contributed by atoms with E-state index in [0.29, 0.717) is 32.1 Å². The van der Waals surface area contributed by atoms with Gasteiger partial charge in [0, 0.05) is 43.4 Å². The minimum Gasteiger partial charge on any atom is -0.748 e. The van der Waals surface area contributed by atoms with Crippen LogP contribution >= 0.6 is 0 Å². The number of rotatable bonds is 10. The Morgan fingerprint density at radius 2 is 1.39 bits per heavy atom. The summed E-state index contributed by atoms with van der Waals surface area (Å²) >= 11 is 0. The van der Waals surface area contributed by atoms with Crippen molar-refractivity contribution in [1.29, 1.82) is 0 Å². The molecule has 10 heteroatoms. The van der Waals surface area contributed by atoms with Crippen molar-refractivity contribution in [2.24, 2.45) is 46.3 Å². The molecule has 0 spiro atoms. The van der Waals surface area contributed by atoms with E-state index < -0.39 is 33.9 Å². The number of carbonyl (C=O) groups is 4. The minimum atomic E-state index is -4.43. The van der Waals surface area contributed by atoms with E-state index in [4.69, 9.17) is 4.74 Å². The number of ether oxygens (including phenoxy) is 1. The van der Waals surface area contributed by atoms with Gasteiger partial charge >= 0.3 is 5.97 Å². The monoisotopic (exact) mass is 772 g/mol. The van der Waals surface area contributed by atoms with Crippen molar-refractivity contribution in [3.05, 3.63) is 91.0 Å². The first-order valence-electron chi connectivity index (χ1n) is 19.3. The second-order valence-corrected chi connectivity index (χ2v) is 19.7. The molecule has 8 atom stereocenters. The summed E-state index contributed by atoms with van der Waals surface area (Å²) in [5, 5.41) is 0. The third-order valence-corrected chi connectivity index (χ3v) is 16.1. The van der Waals surface area contributed by atoms with E-state index in [-0.39, 0.29) is 75.6 Å². The van der Waals surface area contributed by atoms with Crippen LogP contribution in [0.4, 0.5) is 0 Å². The second kappa shape index (κ2) is 16.6. The van der Waals surface area contributed by atoms with Crippen LogP contribution in [0.15, 0.2) is 106 Å². The number of carbonyl (C=O) groups excluding carboxylic acids is 4. The van der Waals surface area contributed by atoms with Gasteiger partial charge in [0.2, 0.25) is 0 Å². The lowest BCUT2D eigenvalue weighted by molar-refractivity contribution is -0.166. The van der Waals surface area contributed by atoms with Gasteiger partial charge in [-0.1, -0.05) is 75.4 Å². The molecule has 0 heterocycles. The van der Waals surface area contributed by atoms with Crippen LogP contribution in [0.3, 0.4) is 0 Å². The van der Waals surface area contributed by atoms with Gasteiger partial charge in [-0.3, -0.25) is 19.2 Å². The topological polar surface area (TPSA) is 135 Å². The van der Waals surface area contributed by atoms with Gasteiger partial charge in [-0.2, -0.15) is 0 Å². The zero-order valence-corrected chi connectivity index (χ0v) is 33.1. The molecule has 0 radical (unpaired) electrons. The zero-order chi connectivity index (χ0) is 38.7. The smallest absolute Gasteiger partial charge is 0.305 e. The maximum absolute atomic E-state index is 13.8. The fourth-order valence-electron chi connectivity index (χ4n) is 10.3. The maximum atomic E-state index is 13.8. The summed E-state index contributed by atoms with van der Waals surface area (Å²) < 4.78 is 36.9. The molecule has 4 aliphatic carbocycles. The Hall–Kier alpha value is -3.60. The van der Waals surface area contributed by atoms with E-state index in [1.807, 2.05) is 13.8 Å². The van der Waals surface area contributed by atoms with Crippen LogP contribution in [0.25, 0.3) is 0 Å². The lowest BCUT2D eigenvalue weighted by Crippen LogP contribution is -2.60. The fraction of sp³-hybridized carbons (Fsp3) is 0.500. The van der Waals surface area contributed by atoms with Gasteiger partial charge in [-0.05, 0) is 97.1 Å². The fourth-order valence-corrected chi connectivity index (χ4v) is 12.7. The summed E-state index contributed by atoms with van der Waals surface area (Å²) in [7, 11) is -4.44. The van der Waals surface area contributed by atoms with Crippen molar-refractivity contribution in [1.82, 2.24) is 0 Å². The van der Waals surface area contributed by atoms with E-state index in [0.717, 1.165) is 19.3 Å². The van der Waals surface area contributed by atoms with E-state index in [1.165, 1.54) is 14.7 Å². The number of benzene rings is 3. The Bertz CT molecular complexity index is 1820. The molecule has 0 amide bonds. The van der Waals surface area contributed by atoms with Crippen molar-refractivity contribution in [2.45, 2.75) is 93.2 Å². The van der Waals surface area contributed by atoms with Crippen LogP contribution in [0, 0.1) is 46.3 Å². The van der Waals surface area contributed by atoms with E-state index in [9.17, 15) is 32.1 Å². The maximum Gasteiger partial charge on any atom is 0.305 e.